The lowest BCUT2D eigenvalue weighted by molar-refractivity contribution is -0.118. The molecule has 130 valence electrons. The third-order valence-electron chi connectivity index (χ3n) is 4.05. The maximum absolute atomic E-state index is 11.9. The van der Waals surface area contributed by atoms with Crippen molar-refractivity contribution < 1.29 is 14.3 Å². The lowest BCUT2D eigenvalue weighted by Gasteiger charge is -2.11. The van der Waals surface area contributed by atoms with Crippen molar-refractivity contribution in [3.8, 4) is 22.6 Å². The first-order valence-electron chi connectivity index (χ1n) is 8.05. The summed E-state index contributed by atoms with van der Waals surface area (Å²) in [7, 11) is 3.25. The van der Waals surface area contributed by atoms with Gasteiger partial charge in [0, 0.05) is 22.9 Å². The van der Waals surface area contributed by atoms with E-state index in [1.54, 1.807) is 14.2 Å². The zero-order valence-electron chi connectivity index (χ0n) is 14.7. The molecule has 0 aliphatic rings. The van der Waals surface area contributed by atoms with E-state index >= 15 is 0 Å². The van der Waals surface area contributed by atoms with Crippen LogP contribution in [0.4, 0.5) is 5.82 Å². The molecule has 2 N–H and O–H groups in total. The molecule has 1 heterocycles. The van der Waals surface area contributed by atoms with E-state index in [1.807, 2.05) is 50.2 Å². The van der Waals surface area contributed by atoms with E-state index in [-0.39, 0.29) is 11.8 Å². The molecule has 25 heavy (non-hydrogen) atoms. The monoisotopic (exact) mass is 339 g/mol. The second-order valence-electron chi connectivity index (χ2n) is 6.04. The minimum atomic E-state index is -0.102. The lowest BCUT2D eigenvalue weighted by atomic mass is 10.0. The molecule has 6 nitrogen and oxygen atoms in total. The predicted octanol–water partition coefficient (Wildman–Crippen LogP) is 3.84. The average molecular weight is 339 g/mol. The molecule has 0 aliphatic carbocycles. The lowest BCUT2D eigenvalue weighted by Crippen LogP contribution is -2.18. The minimum Gasteiger partial charge on any atom is -0.497 e. The molecule has 0 saturated heterocycles. The number of hydrogen-bond donors (Lipinski definition) is 2. The highest BCUT2D eigenvalue weighted by Crippen LogP contribution is 2.35. The third kappa shape index (κ3) is 3.28. The van der Waals surface area contributed by atoms with Gasteiger partial charge in [0.2, 0.25) is 5.91 Å². The summed E-state index contributed by atoms with van der Waals surface area (Å²) in [6, 6.07) is 11.6. The molecule has 3 aromatic rings. The van der Waals surface area contributed by atoms with Crippen LogP contribution in [0.5, 0.6) is 11.5 Å². The van der Waals surface area contributed by atoms with Gasteiger partial charge in [-0.05, 0) is 29.8 Å². The van der Waals surface area contributed by atoms with Gasteiger partial charge in [0.05, 0.1) is 19.7 Å². The number of methoxy groups -OCH3 is 2. The molecule has 0 bridgehead atoms. The fraction of sp³-hybridized carbons (Fsp3) is 0.263. The number of fused-ring (bicyclic) bond motifs is 1. The van der Waals surface area contributed by atoms with Gasteiger partial charge in [0.1, 0.15) is 11.5 Å². The van der Waals surface area contributed by atoms with Gasteiger partial charge in [-0.25, -0.2) is 0 Å². The SMILES string of the molecule is COc1ccc(-c2ccc3c(NC(=O)C(C)C)n[nH]c3c2)c(OC)c1. The molecular formula is C19H21N3O3. The van der Waals surface area contributed by atoms with Crippen molar-refractivity contribution in [1.29, 1.82) is 0 Å². The molecule has 3 rings (SSSR count). The molecule has 0 radical (unpaired) electrons. The number of rotatable bonds is 5. The molecule has 0 aliphatic heterocycles. The molecule has 0 unspecified atom stereocenters. The Morgan fingerprint density at radius 3 is 2.60 bits per heavy atom. The van der Waals surface area contributed by atoms with E-state index in [0.29, 0.717) is 5.82 Å². The number of aromatic amines is 1. The van der Waals surface area contributed by atoms with Gasteiger partial charge < -0.3 is 14.8 Å². The standard InChI is InChI=1S/C19H21N3O3/c1-11(2)19(23)20-18-15-7-5-12(9-16(15)21-22-18)14-8-6-13(24-3)10-17(14)25-4/h5-11H,1-4H3,(H2,20,21,22,23). The van der Waals surface area contributed by atoms with E-state index in [1.165, 1.54) is 0 Å². The molecule has 0 spiro atoms. The first-order chi connectivity index (χ1) is 12.0. The average Bonchev–Trinajstić information content (AvgIpc) is 3.03. The van der Waals surface area contributed by atoms with Crippen LogP contribution in [0.1, 0.15) is 13.8 Å². The van der Waals surface area contributed by atoms with Crippen LogP contribution in [0.2, 0.25) is 0 Å². The van der Waals surface area contributed by atoms with Crippen LogP contribution in [0, 0.1) is 5.92 Å². The van der Waals surface area contributed by atoms with Crippen LogP contribution in [0.3, 0.4) is 0 Å². The zero-order chi connectivity index (χ0) is 18.0. The highest BCUT2D eigenvalue weighted by molar-refractivity contribution is 6.01. The van der Waals surface area contributed by atoms with Gasteiger partial charge in [0.25, 0.3) is 0 Å². The van der Waals surface area contributed by atoms with Crippen molar-refractivity contribution in [2.45, 2.75) is 13.8 Å². The van der Waals surface area contributed by atoms with E-state index in [2.05, 4.69) is 15.5 Å². The van der Waals surface area contributed by atoms with Crippen LogP contribution in [0.15, 0.2) is 36.4 Å². The van der Waals surface area contributed by atoms with Crippen molar-refractivity contribution in [1.82, 2.24) is 10.2 Å². The smallest absolute Gasteiger partial charge is 0.228 e. The highest BCUT2D eigenvalue weighted by atomic mass is 16.5. The van der Waals surface area contributed by atoms with Crippen molar-refractivity contribution in [3.63, 3.8) is 0 Å². The van der Waals surface area contributed by atoms with E-state index in [9.17, 15) is 4.79 Å². The Hall–Kier alpha value is -3.02. The van der Waals surface area contributed by atoms with Crippen LogP contribution in [-0.4, -0.2) is 30.3 Å². The Morgan fingerprint density at radius 2 is 1.92 bits per heavy atom. The van der Waals surface area contributed by atoms with E-state index < -0.39 is 0 Å². The van der Waals surface area contributed by atoms with Gasteiger partial charge >= 0.3 is 0 Å². The first-order valence-corrected chi connectivity index (χ1v) is 8.05. The number of anilines is 1. The Balaban J connectivity index is 1.99. The number of nitrogens with one attached hydrogen (secondary N) is 2. The Morgan fingerprint density at radius 1 is 1.12 bits per heavy atom. The van der Waals surface area contributed by atoms with Crippen LogP contribution < -0.4 is 14.8 Å². The molecule has 2 aromatic carbocycles. The number of H-pyrrole nitrogens is 1. The van der Waals surface area contributed by atoms with Gasteiger partial charge in [-0.1, -0.05) is 19.9 Å². The zero-order valence-corrected chi connectivity index (χ0v) is 14.7. The molecule has 0 fully saturated rings. The summed E-state index contributed by atoms with van der Waals surface area (Å²) < 4.78 is 10.7. The third-order valence-corrected chi connectivity index (χ3v) is 4.05. The molecule has 0 saturated carbocycles. The summed E-state index contributed by atoms with van der Waals surface area (Å²) in [4.78, 5) is 11.9. The van der Waals surface area contributed by atoms with Crippen LogP contribution in [0.25, 0.3) is 22.0 Å². The molecule has 1 aromatic heterocycles. The van der Waals surface area contributed by atoms with Crippen molar-refractivity contribution in [2.24, 2.45) is 5.92 Å². The topological polar surface area (TPSA) is 76.2 Å². The second kappa shape index (κ2) is 6.84. The van der Waals surface area contributed by atoms with E-state index in [0.717, 1.165) is 33.5 Å². The molecule has 1 amide bonds. The van der Waals surface area contributed by atoms with Crippen LogP contribution in [-0.2, 0) is 4.79 Å². The van der Waals surface area contributed by atoms with Crippen molar-refractivity contribution >= 4 is 22.6 Å². The molecule has 0 atom stereocenters. The number of carbonyl (C=O) groups is 1. The summed E-state index contributed by atoms with van der Waals surface area (Å²) in [5.74, 6) is 1.85. The Labute approximate surface area is 146 Å². The maximum Gasteiger partial charge on any atom is 0.228 e. The van der Waals surface area contributed by atoms with Gasteiger partial charge in [-0.2, -0.15) is 5.10 Å². The number of hydrogen-bond acceptors (Lipinski definition) is 4. The summed E-state index contributed by atoms with van der Waals surface area (Å²) in [5, 5.41) is 10.9. The first kappa shape index (κ1) is 16.8. The Kier molecular flexibility index (Phi) is 4.61. The van der Waals surface area contributed by atoms with Gasteiger partial charge in [-0.15, -0.1) is 0 Å². The number of benzene rings is 2. The van der Waals surface area contributed by atoms with Gasteiger partial charge in [0.15, 0.2) is 5.82 Å². The quantitative estimate of drug-likeness (QED) is 0.740. The summed E-state index contributed by atoms with van der Waals surface area (Å²) in [6.45, 7) is 3.69. The normalized spacial score (nSPS) is 10.9. The Bertz CT molecular complexity index is 915. The maximum atomic E-state index is 11.9. The van der Waals surface area contributed by atoms with E-state index in [4.69, 9.17) is 9.47 Å². The van der Waals surface area contributed by atoms with Gasteiger partial charge in [-0.3, -0.25) is 9.89 Å². The second-order valence-corrected chi connectivity index (χ2v) is 6.04. The fourth-order valence-corrected chi connectivity index (χ4v) is 2.58. The summed E-state index contributed by atoms with van der Waals surface area (Å²) in [6.07, 6.45) is 0. The highest BCUT2D eigenvalue weighted by Gasteiger charge is 2.14. The molecule has 6 heteroatoms. The number of carbonyl (C=O) groups excluding carboxylic acids is 1. The number of nitrogens with zero attached hydrogens (tertiary/aromatic N) is 1. The van der Waals surface area contributed by atoms with Crippen LogP contribution >= 0.6 is 0 Å². The fourth-order valence-electron chi connectivity index (χ4n) is 2.58. The summed E-state index contributed by atoms with van der Waals surface area (Å²) >= 11 is 0. The number of ether oxygens (including phenoxy) is 2. The summed E-state index contributed by atoms with van der Waals surface area (Å²) in [5.41, 5.74) is 2.78. The predicted molar refractivity (Wildman–Crippen MR) is 98.1 cm³/mol. The number of amides is 1. The molecular weight excluding hydrogens is 318 g/mol. The van der Waals surface area contributed by atoms with Crippen molar-refractivity contribution in [2.75, 3.05) is 19.5 Å². The largest absolute Gasteiger partial charge is 0.497 e. The minimum absolute atomic E-state index is 0.0608. The number of aromatic nitrogens is 2. The van der Waals surface area contributed by atoms with Crippen molar-refractivity contribution in [3.05, 3.63) is 36.4 Å².